The molecule has 38 heavy (non-hydrogen) atoms. The quantitative estimate of drug-likeness (QED) is 0.359. The molecule has 0 amide bonds. The molecule has 0 spiro atoms. The molecule has 0 radical (unpaired) electrons. The van der Waals surface area contributed by atoms with Crippen LogP contribution in [0.15, 0.2) is 65.7 Å². The molecule has 1 saturated heterocycles. The molecule has 1 N–H and O–H groups in total. The molecule has 5 aromatic rings. The number of anilines is 1. The molecule has 9 heteroatoms. The maximum absolute atomic E-state index is 13.0. The summed E-state index contributed by atoms with van der Waals surface area (Å²) < 4.78 is 3.78. The largest absolute Gasteiger partial charge is 0.353 e. The van der Waals surface area contributed by atoms with Crippen LogP contribution in [0, 0.1) is 13.8 Å². The summed E-state index contributed by atoms with van der Waals surface area (Å²) in [4.78, 5) is 34.2. The van der Waals surface area contributed by atoms with E-state index >= 15 is 0 Å². The van der Waals surface area contributed by atoms with E-state index in [2.05, 4.69) is 29.7 Å². The lowest BCUT2D eigenvalue weighted by atomic mass is 10.0. The monoisotopic (exact) mass is 508 g/mol. The van der Waals surface area contributed by atoms with Crippen LogP contribution in [0.25, 0.3) is 16.8 Å². The van der Waals surface area contributed by atoms with E-state index in [0.29, 0.717) is 24.7 Å². The van der Waals surface area contributed by atoms with Gasteiger partial charge in [-0.2, -0.15) is 0 Å². The van der Waals surface area contributed by atoms with E-state index in [4.69, 9.17) is 4.98 Å². The summed E-state index contributed by atoms with van der Waals surface area (Å²) in [5.74, 6) is 0.839. The highest BCUT2D eigenvalue weighted by molar-refractivity contribution is 5.74. The maximum Gasteiger partial charge on any atom is 0.261 e. The molecule has 1 aliphatic rings. The fourth-order valence-corrected chi connectivity index (χ4v) is 5.35. The topological polar surface area (TPSA) is 93.2 Å². The summed E-state index contributed by atoms with van der Waals surface area (Å²) in [6, 6.07) is 16.0. The molecular formula is C29H32N8O. The van der Waals surface area contributed by atoms with Gasteiger partial charge in [0, 0.05) is 55.0 Å². The number of piperidine rings is 1. The van der Waals surface area contributed by atoms with Crippen LogP contribution in [0.3, 0.4) is 0 Å². The van der Waals surface area contributed by atoms with Crippen LogP contribution in [-0.4, -0.2) is 59.5 Å². The first-order valence-electron chi connectivity index (χ1n) is 13.2. The van der Waals surface area contributed by atoms with Gasteiger partial charge in [0.2, 0.25) is 5.95 Å². The summed E-state index contributed by atoms with van der Waals surface area (Å²) in [5.41, 5.74) is 6.10. The Hall–Kier alpha value is -4.11. The zero-order valence-electron chi connectivity index (χ0n) is 21.8. The normalized spacial score (nSPS) is 14.9. The van der Waals surface area contributed by atoms with Gasteiger partial charge in [-0.25, -0.2) is 15.0 Å². The number of imidazole rings is 1. The van der Waals surface area contributed by atoms with E-state index in [1.54, 1.807) is 10.6 Å². The minimum Gasteiger partial charge on any atom is -0.353 e. The van der Waals surface area contributed by atoms with Crippen molar-refractivity contribution in [2.45, 2.75) is 45.7 Å². The predicted octanol–water partition coefficient (Wildman–Crippen LogP) is 3.62. The Morgan fingerprint density at radius 3 is 2.68 bits per heavy atom. The van der Waals surface area contributed by atoms with Crippen LogP contribution in [0.2, 0.25) is 0 Å². The standard InChI is InChI=1S/C29H32N8O/c1-20-7-5-8-23(31-20)19-37-27-25(9-6-14-30-27)34-29(37)33-22-11-16-35(17-12-22)18-13-24-21(2)32-26-10-3-4-15-36(26)28(24)38/h3-10,14-15,22H,11-13,16-19H2,1-2H3,(H,33,34). The van der Waals surface area contributed by atoms with Gasteiger partial charge in [0.25, 0.3) is 5.56 Å². The number of likely N-dealkylation sites (tertiary alicyclic amines) is 1. The molecular weight excluding hydrogens is 476 g/mol. The van der Waals surface area contributed by atoms with Crippen molar-refractivity contribution in [1.82, 2.24) is 33.8 Å². The van der Waals surface area contributed by atoms with Gasteiger partial charge in [-0.1, -0.05) is 12.1 Å². The van der Waals surface area contributed by atoms with Crippen molar-refractivity contribution in [2.24, 2.45) is 0 Å². The van der Waals surface area contributed by atoms with Crippen molar-refractivity contribution in [3.05, 3.63) is 93.9 Å². The molecule has 1 fully saturated rings. The third-order valence-electron chi connectivity index (χ3n) is 7.40. The molecule has 0 bridgehead atoms. The van der Waals surface area contributed by atoms with Gasteiger partial charge in [0.15, 0.2) is 5.65 Å². The van der Waals surface area contributed by atoms with Crippen LogP contribution < -0.4 is 10.9 Å². The number of nitrogens with zero attached hydrogens (tertiary/aromatic N) is 7. The molecule has 6 heterocycles. The van der Waals surface area contributed by atoms with Crippen LogP contribution in [-0.2, 0) is 13.0 Å². The summed E-state index contributed by atoms with van der Waals surface area (Å²) in [5, 5.41) is 3.70. The molecule has 6 rings (SSSR count). The molecule has 194 valence electrons. The van der Waals surface area contributed by atoms with Gasteiger partial charge < -0.3 is 10.2 Å². The second-order valence-electron chi connectivity index (χ2n) is 10.1. The van der Waals surface area contributed by atoms with Crippen LogP contribution >= 0.6 is 0 Å². The Kier molecular flexibility index (Phi) is 6.59. The van der Waals surface area contributed by atoms with Gasteiger partial charge in [0.1, 0.15) is 11.2 Å². The fourth-order valence-electron chi connectivity index (χ4n) is 5.35. The Bertz CT molecular complexity index is 1650. The van der Waals surface area contributed by atoms with Crippen molar-refractivity contribution < 1.29 is 0 Å². The molecule has 0 aromatic carbocycles. The number of nitrogens with one attached hydrogen (secondary N) is 1. The van der Waals surface area contributed by atoms with Gasteiger partial charge in [0.05, 0.1) is 12.2 Å². The van der Waals surface area contributed by atoms with E-state index in [0.717, 1.165) is 72.2 Å². The first kappa shape index (κ1) is 24.2. The lowest BCUT2D eigenvalue weighted by molar-refractivity contribution is 0.220. The van der Waals surface area contributed by atoms with Gasteiger partial charge in [-0.05, 0) is 69.5 Å². The number of rotatable bonds is 7. The van der Waals surface area contributed by atoms with Crippen molar-refractivity contribution in [3.63, 3.8) is 0 Å². The van der Waals surface area contributed by atoms with Crippen LogP contribution in [0.1, 0.15) is 35.5 Å². The van der Waals surface area contributed by atoms with Crippen molar-refractivity contribution >= 4 is 22.8 Å². The zero-order chi connectivity index (χ0) is 26.1. The van der Waals surface area contributed by atoms with Crippen LogP contribution in [0.4, 0.5) is 5.95 Å². The van der Waals surface area contributed by atoms with Gasteiger partial charge in [-0.3, -0.25) is 18.7 Å². The van der Waals surface area contributed by atoms with E-state index in [9.17, 15) is 4.79 Å². The van der Waals surface area contributed by atoms with Crippen molar-refractivity contribution in [2.75, 3.05) is 25.0 Å². The number of aryl methyl sites for hydroxylation is 2. The molecule has 0 atom stereocenters. The Morgan fingerprint density at radius 1 is 0.974 bits per heavy atom. The summed E-state index contributed by atoms with van der Waals surface area (Å²) in [6.45, 7) is 7.35. The second kappa shape index (κ2) is 10.3. The molecule has 5 aromatic heterocycles. The van der Waals surface area contributed by atoms with Gasteiger partial charge >= 0.3 is 0 Å². The minimum absolute atomic E-state index is 0.0419. The zero-order valence-corrected chi connectivity index (χ0v) is 21.8. The highest BCUT2D eigenvalue weighted by Gasteiger charge is 2.22. The molecule has 0 aliphatic carbocycles. The average molecular weight is 509 g/mol. The SMILES string of the molecule is Cc1cccc(Cn2c(NC3CCN(CCc4c(C)nc5ccccn5c4=O)CC3)nc3cccnc32)n1. The Balaban J connectivity index is 1.12. The number of fused-ring (bicyclic) bond motifs is 2. The summed E-state index contributed by atoms with van der Waals surface area (Å²) in [6.07, 6.45) is 6.33. The maximum atomic E-state index is 13.0. The fraction of sp³-hybridized carbons (Fsp3) is 0.345. The number of hydrogen-bond donors (Lipinski definition) is 1. The molecule has 9 nitrogen and oxygen atoms in total. The lowest BCUT2D eigenvalue weighted by Gasteiger charge is -2.32. The van der Waals surface area contributed by atoms with E-state index < -0.39 is 0 Å². The number of aromatic nitrogens is 6. The Labute approximate surface area is 221 Å². The molecule has 0 unspecified atom stereocenters. The van der Waals surface area contributed by atoms with Crippen molar-refractivity contribution in [3.8, 4) is 0 Å². The first-order chi connectivity index (χ1) is 18.5. The Morgan fingerprint density at radius 2 is 1.84 bits per heavy atom. The van der Waals surface area contributed by atoms with E-state index in [1.807, 2.05) is 68.6 Å². The lowest BCUT2D eigenvalue weighted by Crippen LogP contribution is -2.41. The first-order valence-corrected chi connectivity index (χ1v) is 13.2. The molecule has 1 aliphatic heterocycles. The third kappa shape index (κ3) is 4.89. The van der Waals surface area contributed by atoms with Gasteiger partial charge in [-0.15, -0.1) is 0 Å². The van der Waals surface area contributed by atoms with Crippen molar-refractivity contribution in [1.29, 1.82) is 0 Å². The predicted molar refractivity (Wildman–Crippen MR) is 149 cm³/mol. The highest BCUT2D eigenvalue weighted by Crippen LogP contribution is 2.22. The van der Waals surface area contributed by atoms with E-state index in [1.165, 1.54) is 0 Å². The number of pyridine rings is 3. The van der Waals surface area contributed by atoms with Crippen LogP contribution in [0.5, 0.6) is 0 Å². The highest BCUT2D eigenvalue weighted by atomic mass is 16.1. The second-order valence-corrected chi connectivity index (χ2v) is 10.1. The summed E-state index contributed by atoms with van der Waals surface area (Å²) >= 11 is 0. The average Bonchev–Trinajstić information content (AvgIpc) is 3.26. The third-order valence-corrected chi connectivity index (χ3v) is 7.40. The van der Waals surface area contributed by atoms with E-state index in [-0.39, 0.29) is 5.56 Å². The minimum atomic E-state index is 0.0419. The summed E-state index contributed by atoms with van der Waals surface area (Å²) in [7, 11) is 0. The smallest absolute Gasteiger partial charge is 0.261 e. The molecule has 0 saturated carbocycles. The number of hydrogen-bond acceptors (Lipinski definition) is 7.